The van der Waals surface area contributed by atoms with E-state index in [1.807, 2.05) is 24.8 Å². The molecule has 0 bridgehead atoms. The third kappa shape index (κ3) is 1.96. The molecule has 2 aromatic heterocycles. The highest BCUT2D eigenvalue weighted by Crippen LogP contribution is 2.41. The van der Waals surface area contributed by atoms with Gasteiger partial charge in [-0.25, -0.2) is 4.98 Å². The van der Waals surface area contributed by atoms with E-state index in [1.165, 1.54) is 61.9 Å². The average Bonchev–Trinajstić information content (AvgIpc) is 3.07. The van der Waals surface area contributed by atoms with Gasteiger partial charge in [-0.3, -0.25) is 4.98 Å². The Labute approximate surface area is 120 Å². The molecule has 0 unspecified atom stereocenters. The van der Waals surface area contributed by atoms with Crippen LogP contribution >= 0.6 is 0 Å². The Morgan fingerprint density at radius 2 is 2.05 bits per heavy atom. The van der Waals surface area contributed by atoms with Gasteiger partial charge in [0, 0.05) is 11.8 Å². The van der Waals surface area contributed by atoms with Crippen LogP contribution in [0.15, 0.2) is 30.9 Å². The number of rotatable bonds is 3. The van der Waals surface area contributed by atoms with Crippen LogP contribution in [0.2, 0.25) is 0 Å². The summed E-state index contributed by atoms with van der Waals surface area (Å²) in [4.78, 5) is 8.97. The van der Waals surface area contributed by atoms with Gasteiger partial charge in [0.25, 0.3) is 0 Å². The van der Waals surface area contributed by atoms with Gasteiger partial charge in [0.2, 0.25) is 0 Å². The fourth-order valence-electron chi connectivity index (χ4n) is 3.94. The fraction of sp³-hybridized carbons (Fsp3) is 0.529. The number of hydrogen-bond donors (Lipinski definition) is 0. The molecule has 0 spiro atoms. The predicted octanol–water partition coefficient (Wildman–Crippen LogP) is 4.21. The molecule has 0 aromatic carbocycles. The van der Waals surface area contributed by atoms with Gasteiger partial charge in [-0.1, -0.05) is 32.1 Å². The first-order valence-corrected chi connectivity index (χ1v) is 7.90. The van der Waals surface area contributed by atoms with Crippen LogP contribution in [0, 0.1) is 5.92 Å². The molecular formula is C17H21N3. The van der Waals surface area contributed by atoms with Crippen molar-refractivity contribution in [3.05, 3.63) is 36.5 Å². The molecule has 104 valence electrons. The topological polar surface area (TPSA) is 30.7 Å². The van der Waals surface area contributed by atoms with Crippen LogP contribution in [0.4, 0.5) is 0 Å². The molecule has 1 aliphatic heterocycles. The van der Waals surface area contributed by atoms with Gasteiger partial charge in [0.15, 0.2) is 0 Å². The van der Waals surface area contributed by atoms with Crippen molar-refractivity contribution < 1.29 is 0 Å². The molecule has 1 atom stereocenters. The van der Waals surface area contributed by atoms with Gasteiger partial charge in [-0.15, -0.1) is 0 Å². The molecule has 3 heteroatoms. The second-order valence-corrected chi connectivity index (χ2v) is 6.22. The molecule has 1 saturated carbocycles. The molecule has 0 radical (unpaired) electrons. The van der Waals surface area contributed by atoms with E-state index in [9.17, 15) is 0 Å². The lowest BCUT2D eigenvalue weighted by Crippen LogP contribution is -2.11. The van der Waals surface area contributed by atoms with E-state index >= 15 is 0 Å². The maximum absolute atomic E-state index is 4.64. The highest BCUT2D eigenvalue weighted by molar-refractivity contribution is 5.66. The van der Waals surface area contributed by atoms with Crippen molar-refractivity contribution in [2.45, 2.75) is 51.0 Å². The summed E-state index contributed by atoms with van der Waals surface area (Å²) in [6, 6.07) is 4.61. The van der Waals surface area contributed by atoms with E-state index in [0.717, 1.165) is 5.92 Å². The molecule has 0 amide bonds. The Balaban J connectivity index is 1.56. The molecule has 2 aliphatic rings. The molecule has 1 aliphatic carbocycles. The Hall–Kier alpha value is -1.64. The maximum atomic E-state index is 4.64. The summed E-state index contributed by atoms with van der Waals surface area (Å²) < 4.78 is 2.32. The van der Waals surface area contributed by atoms with Gasteiger partial charge < -0.3 is 4.57 Å². The van der Waals surface area contributed by atoms with Crippen molar-refractivity contribution in [1.82, 2.24) is 14.5 Å². The van der Waals surface area contributed by atoms with Crippen molar-refractivity contribution in [2.75, 3.05) is 0 Å². The van der Waals surface area contributed by atoms with Crippen molar-refractivity contribution in [3.63, 3.8) is 0 Å². The third-order valence-corrected chi connectivity index (χ3v) is 5.01. The smallest absolute Gasteiger partial charge is 0.0957 e. The minimum absolute atomic E-state index is 0.408. The quantitative estimate of drug-likeness (QED) is 0.834. The number of nitrogens with zero attached hydrogens (tertiary/aromatic N) is 3. The maximum Gasteiger partial charge on any atom is 0.0957 e. The molecule has 0 N–H and O–H groups in total. The first-order valence-electron chi connectivity index (χ1n) is 7.90. The zero-order chi connectivity index (χ0) is 13.4. The summed E-state index contributed by atoms with van der Waals surface area (Å²) in [5.74, 6) is 0.934. The van der Waals surface area contributed by atoms with Gasteiger partial charge >= 0.3 is 0 Å². The van der Waals surface area contributed by atoms with E-state index in [4.69, 9.17) is 0 Å². The number of fused-ring (bicyclic) bond motifs is 3. The zero-order valence-corrected chi connectivity index (χ0v) is 11.8. The van der Waals surface area contributed by atoms with E-state index in [-0.39, 0.29) is 0 Å². The van der Waals surface area contributed by atoms with Crippen molar-refractivity contribution in [3.8, 4) is 11.3 Å². The highest BCUT2D eigenvalue weighted by Gasteiger charge is 2.29. The van der Waals surface area contributed by atoms with E-state index in [2.05, 4.69) is 20.6 Å². The van der Waals surface area contributed by atoms with Crippen LogP contribution in [-0.2, 0) is 0 Å². The van der Waals surface area contributed by atoms with Crippen molar-refractivity contribution >= 4 is 0 Å². The van der Waals surface area contributed by atoms with E-state index in [1.54, 1.807) is 0 Å². The minimum atomic E-state index is 0.408. The van der Waals surface area contributed by atoms with Gasteiger partial charge in [0.1, 0.15) is 0 Å². The molecule has 2 aromatic rings. The van der Waals surface area contributed by atoms with Crippen LogP contribution in [-0.4, -0.2) is 14.5 Å². The Bertz CT molecular complexity index is 596. The summed E-state index contributed by atoms with van der Waals surface area (Å²) in [5.41, 5.74) is 3.76. The summed E-state index contributed by atoms with van der Waals surface area (Å²) in [6.07, 6.45) is 15.6. The van der Waals surface area contributed by atoms with E-state index < -0.39 is 0 Å². The lowest BCUT2D eigenvalue weighted by atomic mass is 9.85. The van der Waals surface area contributed by atoms with Crippen molar-refractivity contribution in [2.24, 2.45) is 5.92 Å². The second kappa shape index (κ2) is 5.04. The summed E-state index contributed by atoms with van der Waals surface area (Å²) in [5, 5.41) is 0. The zero-order valence-electron chi connectivity index (χ0n) is 11.8. The van der Waals surface area contributed by atoms with Gasteiger partial charge in [-0.2, -0.15) is 0 Å². The number of imidazole rings is 1. The standard InChI is InChI=1S/C17H21N3/c1-2-5-13(6-3-1)8-9-15-17-14(7-4-10-19-17)16-11-18-12-20(15)16/h4,7,10-13,15H,1-3,5-6,8-9H2/t15-/m0/s1. The summed E-state index contributed by atoms with van der Waals surface area (Å²) in [7, 11) is 0. The predicted molar refractivity (Wildman–Crippen MR) is 79.4 cm³/mol. The molecule has 0 saturated heterocycles. The van der Waals surface area contributed by atoms with E-state index in [0.29, 0.717) is 6.04 Å². The first kappa shape index (κ1) is 12.1. The van der Waals surface area contributed by atoms with Crippen molar-refractivity contribution in [1.29, 1.82) is 0 Å². The molecule has 20 heavy (non-hydrogen) atoms. The second-order valence-electron chi connectivity index (χ2n) is 6.22. The normalized spacial score (nSPS) is 21.7. The van der Waals surface area contributed by atoms with Crippen LogP contribution in [0.3, 0.4) is 0 Å². The molecule has 3 heterocycles. The Kier molecular flexibility index (Phi) is 3.06. The summed E-state index contributed by atoms with van der Waals surface area (Å²) >= 11 is 0. The number of pyridine rings is 1. The van der Waals surface area contributed by atoms with Crippen LogP contribution in [0.25, 0.3) is 11.3 Å². The monoisotopic (exact) mass is 267 g/mol. The summed E-state index contributed by atoms with van der Waals surface area (Å²) in [6.45, 7) is 0. The number of hydrogen-bond acceptors (Lipinski definition) is 2. The molecule has 4 rings (SSSR count). The molecule has 3 nitrogen and oxygen atoms in total. The average molecular weight is 267 g/mol. The molecular weight excluding hydrogens is 246 g/mol. The van der Waals surface area contributed by atoms with Gasteiger partial charge in [0.05, 0.1) is 30.0 Å². The SMILES string of the molecule is c1cnc2c(c1)-c1cncn1[C@H]2CCC1CCCCC1. The lowest BCUT2D eigenvalue weighted by Gasteiger charge is -2.23. The van der Waals surface area contributed by atoms with Crippen LogP contribution < -0.4 is 0 Å². The highest BCUT2D eigenvalue weighted by atomic mass is 15.1. The Morgan fingerprint density at radius 3 is 2.95 bits per heavy atom. The first-order chi connectivity index (χ1) is 9.93. The Morgan fingerprint density at radius 1 is 1.15 bits per heavy atom. The third-order valence-electron chi connectivity index (χ3n) is 5.01. The minimum Gasteiger partial charge on any atom is -0.321 e. The molecule has 1 fully saturated rings. The fourth-order valence-corrected chi connectivity index (χ4v) is 3.94. The van der Waals surface area contributed by atoms with Gasteiger partial charge in [-0.05, 0) is 30.9 Å². The number of aromatic nitrogens is 3. The largest absolute Gasteiger partial charge is 0.321 e. The lowest BCUT2D eigenvalue weighted by molar-refractivity contribution is 0.317. The van der Waals surface area contributed by atoms with Crippen LogP contribution in [0.1, 0.15) is 56.7 Å². The van der Waals surface area contributed by atoms with Crippen LogP contribution in [0.5, 0.6) is 0 Å².